The number of benzene rings is 3. The molecule has 0 bridgehead atoms. The van der Waals surface area contributed by atoms with E-state index >= 15 is 0 Å². The number of aryl methyl sites for hydroxylation is 1. The summed E-state index contributed by atoms with van der Waals surface area (Å²) in [6, 6.07) is 12.8. The number of anilines is 2. The van der Waals surface area contributed by atoms with Crippen molar-refractivity contribution in [3.05, 3.63) is 72.1 Å². The summed E-state index contributed by atoms with van der Waals surface area (Å²) in [6.45, 7) is 0.470. The molecule has 0 saturated heterocycles. The summed E-state index contributed by atoms with van der Waals surface area (Å²) in [5.74, 6) is 1.92. The number of urea groups is 1. The highest BCUT2D eigenvalue weighted by atomic mass is 19.4. The molecule has 0 fully saturated rings. The summed E-state index contributed by atoms with van der Waals surface area (Å²) in [5.41, 5.74) is 1.72. The molecule has 0 saturated carbocycles. The van der Waals surface area contributed by atoms with Crippen LogP contribution in [-0.4, -0.2) is 36.8 Å². The van der Waals surface area contributed by atoms with Gasteiger partial charge in [-0.3, -0.25) is 4.90 Å². The second-order valence-corrected chi connectivity index (χ2v) is 8.56. The summed E-state index contributed by atoms with van der Waals surface area (Å²) in [4.78, 5) is 23.1. The normalized spacial score (nSPS) is 13.1. The second kappa shape index (κ2) is 10.1. The van der Waals surface area contributed by atoms with Crippen LogP contribution in [-0.2, 0) is 12.6 Å². The molecule has 2 amide bonds. The van der Waals surface area contributed by atoms with Crippen molar-refractivity contribution < 1.29 is 32.2 Å². The van der Waals surface area contributed by atoms with Gasteiger partial charge in [0.25, 0.3) is 0 Å². The number of aromatic nitrogens is 2. The Hall–Kier alpha value is -4.54. The molecule has 196 valence electrons. The summed E-state index contributed by atoms with van der Waals surface area (Å²) in [6.07, 6.45) is -1.60. The number of carbonyl (C=O) groups excluding carboxylic acids is 1. The van der Waals surface area contributed by atoms with Crippen LogP contribution in [0.3, 0.4) is 0 Å². The fraction of sp³-hybridized carbons (Fsp3) is 0.222. The van der Waals surface area contributed by atoms with Crippen LogP contribution >= 0.6 is 0 Å². The molecule has 4 aromatic rings. The van der Waals surface area contributed by atoms with Gasteiger partial charge in [0.05, 0.1) is 30.7 Å². The van der Waals surface area contributed by atoms with E-state index in [0.29, 0.717) is 52.7 Å². The van der Waals surface area contributed by atoms with Crippen molar-refractivity contribution in [1.82, 2.24) is 9.97 Å². The quantitative estimate of drug-likeness (QED) is 0.323. The zero-order valence-corrected chi connectivity index (χ0v) is 20.5. The van der Waals surface area contributed by atoms with Crippen LogP contribution in [0.2, 0.25) is 0 Å². The van der Waals surface area contributed by atoms with E-state index in [0.717, 1.165) is 24.1 Å². The Labute approximate surface area is 216 Å². The summed E-state index contributed by atoms with van der Waals surface area (Å²) in [5, 5.41) is 3.31. The molecule has 0 unspecified atom stereocenters. The predicted molar refractivity (Wildman–Crippen MR) is 135 cm³/mol. The minimum Gasteiger partial charge on any atom is -0.493 e. The first-order valence-corrected chi connectivity index (χ1v) is 11.7. The van der Waals surface area contributed by atoms with Gasteiger partial charge in [-0.25, -0.2) is 14.8 Å². The third-order valence-corrected chi connectivity index (χ3v) is 6.20. The molecule has 11 heteroatoms. The van der Waals surface area contributed by atoms with E-state index in [1.807, 2.05) is 6.07 Å². The number of alkyl halides is 3. The highest BCUT2D eigenvalue weighted by molar-refractivity contribution is 6.02. The monoisotopic (exact) mass is 524 g/mol. The van der Waals surface area contributed by atoms with Crippen molar-refractivity contribution in [3.63, 3.8) is 0 Å². The number of hydrogen-bond acceptors (Lipinski definition) is 6. The lowest BCUT2D eigenvalue weighted by Gasteiger charge is -2.30. The first-order valence-electron chi connectivity index (χ1n) is 11.7. The number of nitrogens with one attached hydrogen (secondary N) is 1. The smallest absolute Gasteiger partial charge is 0.416 e. The van der Waals surface area contributed by atoms with Gasteiger partial charge in [-0.2, -0.15) is 13.2 Å². The van der Waals surface area contributed by atoms with E-state index in [-0.39, 0.29) is 5.69 Å². The van der Waals surface area contributed by atoms with Crippen molar-refractivity contribution in [2.45, 2.75) is 19.0 Å². The highest BCUT2D eigenvalue weighted by Gasteiger charge is 2.30. The number of carbonyl (C=O) groups is 1. The van der Waals surface area contributed by atoms with Crippen LogP contribution in [0.15, 0.2) is 60.9 Å². The first-order chi connectivity index (χ1) is 18.3. The molecule has 5 rings (SSSR count). The molecule has 2 heterocycles. The average molecular weight is 524 g/mol. The van der Waals surface area contributed by atoms with E-state index in [4.69, 9.17) is 14.2 Å². The number of ether oxygens (including phenoxy) is 3. The lowest BCUT2D eigenvalue weighted by atomic mass is 10.0. The van der Waals surface area contributed by atoms with E-state index in [1.165, 1.54) is 25.6 Å². The molecule has 0 spiro atoms. The van der Waals surface area contributed by atoms with Crippen LogP contribution in [0.5, 0.6) is 23.1 Å². The minimum atomic E-state index is -4.44. The van der Waals surface area contributed by atoms with Gasteiger partial charge < -0.3 is 19.5 Å². The van der Waals surface area contributed by atoms with Gasteiger partial charge >= 0.3 is 12.2 Å². The standard InChI is InChI=1S/C27H23F3N4O4/c1-36-23-13-20-21(14-24(23)37-2)31-15-32-25(20)38-19-9-10-22-16(12-19)4-3-11-34(22)26(35)33-18-7-5-17(6-8-18)27(28,29)30/h5-10,12-15H,3-4,11H2,1-2H3,(H,33,35). The van der Waals surface area contributed by atoms with Gasteiger partial charge in [-0.15, -0.1) is 0 Å². The Morgan fingerprint density at radius 1 is 0.974 bits per heavy atom. The molecule has 1 aromatic heterocycles. The largest absolute Gasteiger partial charge is 0.493 e. The molecule has 0 radical (unpaired) electrons. The van der Waals surface area contributed by atoms with Crippen LogP contribution in [0, 0.1) is 0 Å². The molecule has 3 aromatic carbocycles. The molecule has 1 aliphatic rings. The molecule has 0 atom stereocenters. The Kier molecular flexibility index (Phi) is 6.66. The fourth-order valence-corrected chi connectivity index (χ4v) is 4.33. The van der Waals surface area contributed by atoms with Gasteiger partial charge in [0.15, 0.2) is 11.5 Å². The predicted octanol–water partition coefficient (Wildman–Crippen LogP) is 6.44. The van der Waals surface area contributed by atoms with Crippen molar-refractivity contribution in [3.8, 4) is 23.1 Å². The van der Waals surface area contributed by atoms with E-state index in [1.54, 1.807) is 36.3 Å². The number of fused-ring (bicyclic) bond motifs is 2. The molecule has 38 heavy (non-hydrogen) atoms. The molecule has 0 aliphatic carbocycles. The van der Waals surface area contributed by atoms with E-state index < -0.39 is 17.8 Å². The summed E-state index contributed by atoms with van der Waals surface area (Å²) >= 11 is 0. The molecular formula is C27H23F3N4O4. The molecule has 8 nitrogen and oxygen atoms in total. The first kappa shape index (κ1) is 25.1. The van der Waals surface area contributed by atoms with Crippen LogP contribution in [0.1, 0.15) is 17.5 Å². The average Bonchev–Trinajstić information content (AvgIpc) is 2.91. The summed E-state index contributed by atoms with van der Waals surface area (Å²) in [7, 11) is 3.08. The summed E-state index contributed by atoms with van der Waals surface area (Å²) < 4.78 is 55.3. The van der Waals surface area contributed by atoms with Crippen LogP contribution in [0.25, 0.3) is 10.9 Å². The Bertz CT molecular complexity index is 1490. The molecular weight excluding hydrogens is 501 g/mol. The third-order valence-electron chi connectivity index (χ3n) is 6.20. The highest BCUT2D eigenvalue weighted by Crippen LogP contribution is 2.37. The maximum Gasteiger partial charge on any atom is 0.416 e. The number of nitrogens with zero attached hydrogens (tertiary/aromatic N) is 3. The van der Waals surface area contributed by atoms with Gasteiger partial charge in [-0.05, 0) is 66.9 Å². The van der Waals surface area contributed by atoms with E-state index in [9.17, 15) is 18.0 Å². The topological polar surface area (TPSA) is 85.8 Å². The van der Waals surface area contributed by atoms with Crippen molar-refractivity contribution in [2.24, 2.45) is 0 Å². The number of hydrogen-bond donors (Lipinski definition) is 1. The zero-order valence-electron chi connectivity index (χ0n) is 20.5. The Balaban J connectivity index is 1.36. The molecule has 1 N–H and O–H groups in total. The maximum absolute atomic E-state index is 13.0. The van der Waals surface area contributed by atoms with Crippen LogP contribution in [0.4, 0.5) is 29.3 Å². The van der Waals surface area contributed by atoms with Gasteiger partial charge in [0.2, 0.25) is 5.88 Å². The van der Waals surface area contributed by atoms with Crippen molar-refractivity contribution in [2.75, 3.05) is 31.0 Å². The zero-order chi connectivity index (χ0) is 26.9. The van der Waals surface area contributed by atoms with Crippen LogP contribution < -0.4 is 24.4 Å². The fourth-order valence-electron chi connectivity index (χ4n) is 4.33. The Morgan fingerprint density at radius 3 is 2.42 bits per heavy atom. The van der Waals surface area contributed by atoms with Crippen molar-refractivity contribution >= 4 is 28.3 Å². The number of rotatable bonds is 5. The van der Waals surface area contributed by atoms with Gasteiger partial charge in [-0.1, -0.05) is 0 Å². The minimum absolute atomic E-state index is 0.276. The molecule has 1 aliphatic heterocycles. The van der Waals surface area contributed by atoms with Gasteiger partial charge in [0.1, 0.15) is 12.1 Å². The van der Waals surface area contributed by atoms with Gasteiger partial charge in [0, 0.05) is 24.0 Å². The maximum atomic E-state index is 13.0. The number of halogens is 3. The number of amides is 2. The third kappa shape index (κ3) is 4.99. The van der Waals surface area contributed by atoms with E-state index in [2.05, 4.69) is 15.3 Å². The Morgan fingerprint density at radius 2 is 1.71 bits per heavy atom. The van der Waals surface area contributed by atoms with Crippen molar-refractivity contribution in [1.29, 1.82) is 0 Å². The second-order valence-electron chi connectivity index (χ2n) is 8.56. The lowest BCUT2D eigenvalue weighted by molar-refractivity contribution is -0.137. The SMILES string of the molecule is COc1cc2ncnc(Oc3ccc4c(c3)CCCN4C(=O)Nc3ccc(C(F)(F)F)cc3)c2cc1OC. The number of methoxy groups -OCH3 is 2. The lowest BCUT2D eigenvalue weighted by Crippen LogP contribution is -2.38.